The Morgan fingerprint density at radius 2 is 2.22 bits per heavy atom. The second-order valence-electron chi connectivity index (χ2n) is 6.19. The Kier molecular flexibility index (Phi) is 6.43. The van der Waals surface area contributed by atoms with Crippen LogP contribution in [0.2, 0.25) is 0 Å². The minimum absolute atomic E-state index is 0.0787. The Bertz CT molecular complexity index is 651. The fraction of sp³-hybridized carbons (Fsp3) is 0.500. The van der Waals surface area contributed by atoms with Gasteiger partial charge in [-0.3, -0.25) is 4.79 Å². The molecule has 0 bridgehead atoms. The highest BCUT2D eigenvalue weighted by molar-refractivity contribution is 5.71. The van der Waals surface area contributed by atoms with Gasteiger partial charge < -0.3 is 10.1 Å². The maximum atomic E-state index is 11.9. The van der Waals surface area contributed by atoms with Gasteiger partial charge in [0.2, 0.25) is 0 Å². The van der Waals surface area contributed by atoms with E-state index in [1.54, 1.807) is 32.9 Å². The molecule has 0 radical (unpaired) electrons. The maximum absolute atomic E-state index is 11.9. The van der Waals surface area contributed by atoms with Crippen LogP contribution in [0.25, 0.3) is 10.4 Å². The molecule has 1 rings (SSSR count). The molecule has 1 aromatic carbocycles. The summed E-state index contributed by atoms with van der Waals surface area (Å²) in [6.45, 7) is 7.34. The number of anilines is 1. The normalized spacial score (nSPS) is 11.8. The molecule has 0 aliphatic rings. The summed E-state index contributed by atoms with van der Waals surface area (Å²) < 4.78 is 5.29. The highest BCUT2D eigenvalue weighted by atomic mass is 16.6. The summed E-state index contributed by atoms with van der Waals surface area (Å²) in [6.07, 6.45) is 0.0787. The van der Waals surface area contributed by atoms with Gasteiger partial charge in [0.15, 0.2) is 0 Å². The Morgan fingerprint density at radius 3 is 2.74 bits per heavy atom. The first kappa shape index (κ1) is 18.3. The summed E-state index contributed by atoms with van der Waals surface area (Å²) >= 11 is 0. The third-order valence-electron chi connectivity index (χ3n) is 2.92. The number of hydrogen-bond acceptors (Lipinski definition) is 5. The van der Waals surface area contributed by atoms with Gasteiger partial charge in [0.05, 0.1) is 18.1 Å². The number of carbonyl (C=O) groups excluding carboxylic acids is 1. The molecule has 7 nitrogen and oxygen atoms in total. The molecular weight excluding hydrogens is 294 g/mol. The summed E-state index contributed by atoms with van der Waals surface area (Å²) in [7, 11) is 0. The van der Waals surface area contributed by atoms with Crippen molar-refractivity contribution < 1.29 is 9.53 Å². The minimum Gasteiger partial charge on any atom is -0.460 e. The SMILES string of the molecule is Cc1cc(N[C@H](CN=[N+]=[N-])CC(=O)OC(C)(C)C)ccc1C#N. The monoisotopic (exact) mass is 315 g/mol. The lowest BCUT2D eigenvalue weighted by molar-refractivity contribution is -0.155. The molecule has 1 N–H and O–H groups in total. The predicted octanol–water partition coefficient (Wildman–Crippen LogP) is 3.69. The first-order valence-corrected chi connectivity index (χ1v) is 7.25. The molecule has 0 spiro atoms. The van der Waals surface area contributed by atoms with Crippen LogP contribution in [0.1, 0.15) is 38.3 Å². The van der Waals surface area contributed by atoms with Crippen molar-refractivity contribution in [1.29, 1.82) is 5.26 Å². The van der Waals surface area contributed by atoms with Crippen LogP contribution in [0.15, 0.2) is 23.3 Å². The van der Waals surface area contributed by atoms with Crippen molar-refractivity contribution in [1.82, 2.24) is 0 Å². The average molecular weight is 315 g/mol. The van der Waals surface area contributed by atoms with E-state index < -0.39 is 5.60 Å². The molecule has 0 fully saturated rings. The Hall–Kier alpha value is -2.71. The van der Waals surface area contributed by atoms with Gasteiger partial charge in [-0.15, -0.1) is 0 Å². The molecule has 122 valence electrons. The van der Waals surface area contributed by atoms with Crippen molar-refractivity contribution in [3.8, 4) is 6.07 Å². The van der Waals surface area contributed by atoms with E-state index in [1.165, 1.54) is 0 Å². The van der Waals surface area contributed by atoms with Crippen LogP contribution in [0, 0.1) is 18.3 Å². The minimum atomic E-state index is -0.564. The fourth-order valence-corrected chi connectivity index (χ4v) is 2.00. The van der Waals surface area contributed by atoms with Gasteiger partial charge in [0.25, 0.3) is 0 Å². The summed E-state index contributed by atoms with van der Waals surface area (Å²) in [6, 6.07) is 6.99. The molecule has 0 unspecified atom stereocenters. The van der Waals surface area contributed by atoms with E-state index in [4.69, 9.17) is 15.5 Å². The molecule has 0 saturated carbocycles. The van der Waals surface area contributed by atoms with E-state index in [2.05, 4.69) is 21.4 Å². The quantitative estimate of drug-likeness (QED) is 0.373. The molecule has 23 heavy (non-hydrogen) atoms. The number of esters is 1. The van der Waals surface area contributed by atoms with E-state index in [1.807, 2.05) is 13.0 Å². The molecule has 0 aliphatic heterocycles. The van der Waals surface area contributed by atoms with Crippen molar-refractivity contribution in [3.05, 3.63) is 39.8 Å². The lowest BCUT2D eigenvalue weighted by atomic mass is 10.1. The van der Waals surface area contributed by atoms with Crippen LogP contribution in [0.5, 0.6) is 0 Å². The lowest BCUT2D eigenvalue weighted by Gasteiger charge is -2.23. The van der Waals surface area contributed by atoms with Crippen LogP contribution < -0.4 is 5.32 Å². The number of nitrogens with one attached hydrogen (secondary N) is 1. The topological polar surface area (TPSA) is 111 Å². The average Bonchev–Trinajstić information content (AvgIpc) is 2.43. The summed E-state index contributed by atoms with van der Waals surface area (Å²) in [5.41, 5.74) is 10.1. The Morgan fingerprint density at radius 1 is 1.52 bits per heavy atom. The van der Waals surface area contributed by atoms with Gasteiger partial charge in [-0.2, -0.15) is 5.26 Å². The third-order valence-corrected chi connectivity index (χ3v) is 2.92. The molecule has 0 heterocycles. The zero-order valence-corrected chi connectivity index (χ0v) is 13.8. The Balaban J connectivity index is 2.82. The number of carbonyl (C=O) groups is 1. The van der Waals surface area contributed by atoms with E-state index in [9.17, 15) is 4.79 Å². The van der Waals surface area contributed by atoms with Crippen molar-refractivity contribution >= 4 is 11.7 Å². The van der Waals surface area contributed by atoms with Gasteiger partial charge in [0, 0.05) is 23.2 Å². The van der Waals surface area contributed by atoms with Crippen molar-refractivity contribution in [2.75, 3.05) is 11.9 Å². The highest BCUT2D eigenvalue weighted by Crippen LogP contribution is 2.17. The van der Waals surface area contributed by atoms with Crippen LogP contribution in [0.3, 0.4) is 0 Å². The van der Waals surface area contributed by atoms with Gasteiger partial charge >= 0.3 is 5.97 Å². The molecule has 1 aromatic rings. The number of hydrogen-bond donors (Lipinski definition) is 1. The smallest absolute Gasteiger partial charge is 0.308 e. The van der Waals surface area contributed by atoms with Crippen molar-refractivity contribution in [3.63, 3.8) is 0 Å². The van der Waals surface area contributed by atoms with Crippen LogP contribution in [0.4, 0.5) is 5.69 Å². The van der Waals surface area contributed by atoms with Crippen molar-refractivity contribution in [2.24, 2.45) is 5.11 Å². The second-order valence-corrected chi connectivity index (χ2v) is 6.19. The largest absolute Gasteiger partial charge is 0.460 e. The molecule has 0 amide bonds. The zero-order chi connectivity index (χ0) is 17.5. The number of rotatable bonds is 6. The third kappa shape index (κ3) is 6.72. The van der Waals surface area contributed by atoms with E-state index in [0.717, 1.165) is 11.3 Å². The summed E-state index contributed by atoms with van der Waals surface area (Å²) in [5, 5.41) is 15.6. The zero-order valence-electron chi connectivity index (χ0n) is 13.8. The van der Waals surface area contributed by atoms with Crippen molar-refractivity contribution in [2.45, 2.75) is 45.8 Å². The molecule has 1 atom stereocenters. The van der Waals surface area contributed by atoms with Gasteiger partial charge in [-0.05, 0) is 57.0 Å². The van der Waals surface area contributed by atoms with Gasteiger partial charge in [-0.25, -0.2) is 0 Å². The highest BCUT2D eigenvalue weighted by Gasteiger charge is 2.20. The number of aryl methyl sites for hydroxylation is 1. The summed E-state index contributed by atoms with van der Waals surface area (Å²) in [5.74, 6) is -0.367. The fourth-order valence-electron chi connectivity index (χ4n) is 2.00. The molecular formula is C16H21N5O2. The van der Waals surface area contributed by atoms with E-state index in [0.29, 0.717) is 5.56 Å². The van der Waals surface area contributed by atoms with Crippen LogP contribution in [-0.4, -0.2) is 24.2 Å². The van der Waals surface area contributed by atoms with E-state index >= 15 is 0 Å². The molecule has 0 aliphatic carbocycles. The first-order valence-electron chi connectivity index (χ1n) is 7.25. The summed E-state index contributed by atoms with van der Waals surface area (Å²) in [4.78, 5) is 14.7. The number of nitriles is 1. The lowest BCUT2D eigenvalue weighted by Crippen LogP contribution is -2.31. The number of nitrogens with zero attached hydrogens (tertiary/aromatic N) is 4. The maximum Gasteiger partial charge on any atom is 0.308 e. The standard InChI is InChI=1S/C16H21N5O2/c1-11-7-13(6-5-12(11)9-17)20-14(10-19-21-18)8-15(22)23-16(2,3)4/h5-7,14,20H,8,10H2,1-4H3/t14-/m0/s1. The number of benzene rings is 1. The first-order chi connectivity index (χ1) is 10.7. The van der Waals surface area contributed by atoms with Gasteiger partial charge in [-0.1, -0.05) is 5.11 Å². The molecule has 0 saturated heterocycles. The van der Waals surface area contributed by atoms with Crippen LogP contribution in [-0.2, 0) is 9.53 Å². The van der Waals surface area contributed by atoms with Crippen LogP contribution >= 0.6 is 0 Å². The predicted molar refractivity (Wildman–Crippen MR) is 87.8 cm³/mol. The van der Waals surface area contributed by atoms with Gasteiger partial charge in [0.1, 0.15) is 5.60 Å². The number of azide groups is 1. The number of ether oxygens (including phenoxy) is 1. The Labute approximate surface area is 135 Å². The molecule has 0 aromatic heterocycles. The second kappa shape index (κ2) is 8.06. The molecule has 7 heteroatoms. The van der Waals surface area contributed by atoms with E-state index in [-0.39, 0.29) is 25.0 Å².